The fourth-order valence-corrected chi connectivity index (χ4v) is 1.85. The van der Waals surface area contributed by atoms with Crippen molar-refractivity contribution in [1.29, 1.82) is 5.26 Å². The lowest BCUT2D eigenvalue weighted by molar-refractivity contribution is 0.0600. The molecule has 0 radical (unpaired) electrons. The quantitative estimate of drug-likeness (QED) is 0.621. The normalized spacial score (nSPS) is 9.47. The molecule has 0 unspecified atom stereocenters. The van der Waals surface area contributed by atoms with E-state index in [0.717, 1.165) is 0 Å². The van der Waals surface area contributed by atoms with Crippen molar-refractivity contribution >= 4 is 33.5 Å². The fraction of sp³-hybridized carbons (Fsp3) is 0.200. The lowest BCUT2D eigenvalue weighted by Gasteiger charge is -2.05. The second kappa shape index (κ2) is 5.15. The van der Waals surface area contributed by atoms with Crippen molar-refractivity contribution in [2.75, 3.05) is 7.11 Å². The van der Waals surface area contributed by atoms with Gasteiger partial charge in [-0.05, 0) is 17.7 Å². The third kappa shape index (κ3) is 2.49. The molecule has 0 bridgehead atoms. The van der Waals surface area contributed by atoms with Crippen molar-refractivity contribution < 1.29 is 9.53 Å². The van der Waals surface area contributed by atoms with Crippen molar-refractivity contribution in [2.24, 2.45) is 0 Å². The Morgan fingerprint density at radius 2 is 2.33 bits per heavy atom. The van der Waals surface area contributed by atoms with Gasteiger partial charge in [-0.15, -0.1) is 0 Å². The number of alkyl halides is 1. The van der Waals surface area contributed by atoms with E-state index in [-0.39, 0.29) is 5.02 Å². The van der Waals surface area contributed by atoms with Crippen LogP contribution in [0.25, 0.3) is 0 Å². The molecular weight excluding hydrogens is 281 g/mol. The van der Waals surface area contributed by atoms with Crippen molar-refractivity contribution in [2.45, 2.75) is 5.33 Å². The van der Waals surface area contributed by atoms with Crippen molar-refractivity contribution in [3.63, 3.8) is 0 Å². The zero-order chi connectivity index (χ0) is 11.4. The van der Waals surface area contributed by atoms with E-state index in [1.54, 1.807) is 6.07 Å². The minimum absolute atomic E-state index is 0.259. The van der Waals surface area contributed by atoms with Crippen LogP contribution >= 0.6 is 27.5 Å². The average molecular weight is 289 g/mol. The van der Waals surface area contributed by atoms with Crippen LogP contribution in [0.4, 0.5) is 0 Å². The summed E-state index contributed by atoms with van der Waals surface area (Å²) in [5.41, 5.74) is 1.39. The molecule has 0 aliphatic rings. The van der Waals surface area contributed by atoms with Gasteiger partial charge in [0.25, 0.3) is 0 Å². The first kappa shape index (κ1) is 12.0. The molecule has 0 aliphatic carbocycles. The van der Waals surface area contributed by atoms with Crippen molar-refractivity contribution in [3.05, 3.63) is 33.8 Å². The van der Waals surface area contributed by atoms with Crippen LogP contribution in [0.3, 0.4) is 0 Å². The van der Waals surface area contributed by atoms with Gasteiger partial charge >= 0.3 is 5.97 Å². The van der Waals surface area contributed by atoms with Crippen LogP contribution in [0.15, 0.2) is 12.1 Å². The topological polar surface area (TPSA) is 50.1 Å². The second-order valence-corrected chi connectivity index (χ2v) is 3.70. The summed E-state index contributed by atoms with van der Waals surface area (Å²) in [6.07, 6.45) is 0. The highest BCUT2D eigenvalue weighted by molar-refractivity contribution is 9.08. The van der Waals surface area contributed by atoms with Crippen molar-refractivity contribution in [3.8, 4) is 6.07 Å². The molecule has 0 aromatic heterocycles. The molecule has 0 N–H and O–H groups in total. The van der Waals surface area contributed by atoms with Crippen molar-refractivity contribution in [1.82, 2.24) is 0 Å². The molecule has 0 saturated carbocycles. The standard InChI is InChI=1S/C10H7BrClNO2/c1-15-10(14)6-2-7(4-11)8(5-13)9(12)3-6/h2-3H,4H2,1H3. The Hall–Kier alpha value is -1.05. The summed E-state index contributed by atoms with van der Waals surface area (Å²) in [5, 5.41) is 9.56. The maximum absolute atomic E-state index is 11.3. The number of benzene rings is 1. The predicted molar refractivity (Wildman–Crippen MR) is 60.1 cm³/mol. The number of hydrogen-bond acceptors (Lipinski definition) is 3. The van der Waals surface area contributed by atoms with E-state index in [4.69, 9.17) is 16.9 Å². The number of nitrogens with zero attached hydrogens (tertiary/aromatic N) is 1. The lowest BCUT2D eigenvalue weighted by Crippen LogP contribution is -2.03. The van der Waals surface area contributed by atoms with Gasteiger partial charge in [-0.3, -0.25) is 0 Å². The number of rotatable bonds is 2. The highest BCUT2D eigenvalue weighted by Gasteiger charge is 2.13. The van der Waals surface area contributed by atoms with Gasteiger partial charge in [0.15, 0.2) is 0 Å². The SMILES string of the molecule is COC(=O)c1cc(Cl)c(C#N)c(CBr)c1. The maximum atomic E-state index is 11.3. The number of carbonyl (C=O) groups is 1. The third-order valence-electron chi connectivity index (χ3n) is 1.85. The molecule has 0 amide bonds. The summed E-state index contributed by atoms with van der Waals surface area (Å²) in [4.78, 5) is 11.3. The first-order valence-corrected chi connectivity index (χ1v) is 5.50. The summed E-state index contributed by atoms with van der Waals surface area (Å²) in [7, 11) is 1.29. The smallest absolute Gasteiger partial charge is 0.337 e. The number of methoxy groups -OCH3 is 1. The Morgan fingerprint density at radius 1 is 1.67 bits per heavy atom. The molecule has 3 nitrogen and oxygen atoms in total. The first-order valence-electron chi connectivity index (χ1n) is 4.00. The largest absolute Gasteiger partial charge is 0.465 e. The van der Waals surface area contributed by atoms with Crippen LogP contribution in [0.5, 0.6) is 0 Å². The average Bonchev–Trinajstić information content (AvgIpc) is 2.26. The van der Waals surface area contributed by atoms with E-state index in [2.05, 4.69) is 20.7 Å². The number of halogens is 2. The molecule has 0 fully saturated rings. The molecule has 1 aromatic rings. The lowest BCUT2D eigenvalue weighted by atomic mass is 10.1. The molecule has 0 spiro atoms. The van der Waals surface area contributed by atoms with Crippen LogP contribution in [-0.4, -0.2) is 13.1 Å². The molecule has 15 heavy (non-hydrogen) atoms. The van der Waals surface area contributed by atoms with E-state index < -0.39 is 5.97 Å². The molecule has 5 heteroatoms. The molecular formula is C10H7BrClNO2. The zero-order valence-corrected chi connectivity index (χ0v) is 10.2. The van der Waals surface area contributed by atoms with Gasteiger partial charge in [0.2, 0.25) is 0 Å². The second-order valence-electron chi connectivity index (χ2n) is 2.73. The minimum atomic E-state index is -0.469. The zero-order valence-electron chi connectivity index (χ0n) is 7.88. The van der Waals surface area contributed by atoms with Crippen LogP contribution in [-0.2, 0) is 10.1 Å². The van der Waals surface area contributed by atoms with Gasteiger partial charge in [0, 0.05) is 5.33 Å². The van der Waals surface area contributed by atoms with Gasteiger partial charge in [-0.25, -0.2) is 4.79 Å². The van der Waals surface area contributed by atoms with Crippen LogP contribution in [0.1, 0.15) is 21.5 Å². The summed E-state index contributed by atoms with van der Waals surface area (Å²) in [6.45, 7) is 0. The molecule has 1 rings (SSSR count). The Bertz CT molecular complexity index is 440. The van der Waals surface area contributed by atoms with Crippen LogP contribution in [0, 0.1) is 11.3 Å². The van der Waals surface area contributed by atoms with E-state index in [1.807, 2.05) is 6.07 Å². The Balaban J connectivity index is 3.33. The van der Waals surface area contributed by atoms with E-state index in [9.17, 15) is 4.79 Å². The number of nitriles is 1. The number of carbonyl (C=O) groups excluding carboxylic acids is 1. The Labute approximate surface area is 101 Å². The summed E-state index contributed by atoms with van der Waals surface area (Å²) < 4.78 is 4.57. The Kier molecular flexibility index (Phi) is 4.13. The number of esters is 1. The van der Waals surface area contributed by atoms with E-state index in [1.165, 1.54) is 13.2 Å². The summed E-state index contributed by atoms with van der Waals surface area (Å²) in [5.74, 6) is -0.469. The molecule has 0 saturated heterocycles. The van der Waals surface area contributed by atoms with Gasteiger partial charge in [0.05, 0.1) is 23.3 Å². The van der Waals surface area contributed by atoms with E-state index >= 15 is 0 Å². The summed E-state index contributed by atoms with van der Waals surface area (Å²) >= 11 is 9.09. The monoisotopic (exact) mass is 287 g/mol. The van der Waals surface area contributed by atoms with Gasteiger partial charge in [-0.2, -0.15) is 5.26 Å². The molecule has 0 aliphatic heterocycles. The maximum Gasteiger partial charge on any atom is 0.337 e. The molecule has 0 heterocycles. The first-order chi connectivity index (χ1) is 7.13. The van der Waals surface area contributed by atoms with E-state index in [0.29, 0.717) is 22.0 Å². The Morgan fingerprint density at radius 3 is 2.80 bits per heavy atom. The van der Waals surface area contributed by atoms with Gasteiger partial charge in [-0.1, -0.05) is 27.5 Å². The highest BCUT2D eigenvalue weighted by atomic mass is 79.9. The number of ether oxygens (including phenoxy) is 1. The summed E-state index contributed by atoms with van der Waals surface area (Å²) in [6, 6.07) is 5.00. The highest BCUT2D eigenvalue weighted by Crippen LogP contribution is 2.24. The predicted octanol–water partition coefficient (Wildman–Crippen LogP) is 2.89. The van der Waals surface area contributed by atoms with Crippen LogP contribution < -0.4 is 0 Å². The minimum Gasteiger partial charge on any atom is -0.465 e. The fourth-order valence-electron chi connectivity index (χ4n) is 1.13. The number of hydrogen-bond donors (Lipinski definition) is 0. The third-order valence-corrected chi connectivity index (χ3v) is 2.75. The molecule has 78 valence electrons. The van der Waals surface area contributed by atoms with Crippen LogP contribution in [0.2, 0.25) is 5.02 Å². The van der Waals surface area contributed by atoms with Gasteiger partial charge in [0.1, 0.15) is 6.07 Å². The molecule has 1 aromatic carbocycles. The molecule has 0 atom stereocenters. The van der Waals surface area contributed by atoms with Gasteiger partial charge < -0.3 is 4.74 Å².